The van der Waals surface area contributed by atoms with E-state index in [1.165, 1.54) is 7.11 Å². The van der Waals surface area contributed by atoms with Crippen molar-refractivity contribution in [2.45, 2.75) is 19.4 Å². The molecule has 0 aromatic heterocycles. The first-order chi connectivity index (χ1) is 8.29. The number of unbranched alkanes of at least 4 members (excludes halogenated alkanes) is 1. The highest BCUT2D eigenvalue weighted by molar-refractivity contribution is 5.90. The normalized spacial score (nSPS) is 9.65. The van der Waals surface area contributed by atoms with Crippen molar-refractivity contribution in [2.75, 3.05) is 13.7 Å². The van der Waals surface area contributed by atoms with Gasteiger partial charge in [-0.2, -0.15) is 0 Å². The summed E-state index contributed by atoms with van der Waals surface area (Å²) in [5, 5.41) is 3.25. The lowest BCUT2D eigenvalue weighted by Gasteiger charge is -2.08. The van der Waals surface area contributed by atoms with Gasteiger partial charge in [-0.3, -0.25) is 0 Å². The molecule has 0 unspecified atom stereocenters. The van der Waals surface area contributed by atoms with Crippen molar-refractivity contribution >= 4 is 5.97 Å². The number of nitrogens with one attached hydrogen (secondary N) is 1. The van der Waals surface area contributed by atoms with Crippen LogP contribution in [0.15, 0.2) is 24.3 Å². The van der Waals surface area contributed by atoms with Crippen molar-refractivity contribution in [2.24, 2.45) is 0 Å². The Hall–Kier alpha value is -1.79. The van der Waals surface area contributed by atoms with E-state index in [0.717, 1.165) is 24.9 Å². The zero-order valence-electron chi connectivity index (χ0n) is 10.0. The molecule has 1 N–H and O–H groups in total. The Morgan fingerprint density at radius 2 is 2.24 bits per heavy atom. The van der Waals surface area contributed by atoms with Gasteiger partial charge in [-0.25, -0.2) is 4.79 Å². The van der Waals surface area contributed by atoms with Crippen molar-refractivity contribution < 1.29 is 9.53 Å². The van der Waals surface area contributed by atoms with Crippen molar-refractivity contribution in [1.82, 2.24) is 5.32 Å². The highest BCUT2D eigenvalue weighted by atomic mass is 16.5. The number of carbonyl (C=O) groups excluding carboxylic acids is 1. The molecule has 0 bridgehead atoms. The molecule has 0 aliphatic rings. The molecule has 17 heavy (non-hydrogen) atoms. The largest absolute Gasteiger partial charge is 0.465 e. The molecule has 0 atom stereocenters. The van der Waals surface area contributed by atoms with Gasteiger partial charge >= 0.3 is 5.97 Å². The SMILES string of the molecule is C#CCCCNCc1ccccc1C(=O)OC. The number of hydrogen-bond donors (Lipinski definition) is 1. The van der Waals surface area contributed by atoms with Gasteiger partial charge in [0.25, 0.3) is 0 Å². The van der Waals surface area contributed by atoms with E-state index < -0.39 is 0 Å². The van der Waals surface area contributed by atoms with Gasteiger partial charge in [-0.05, 0) is 24.6 Å². The van der Waals surface area contributed by atoms with Crippen LogP contribution in [0, 0.1) is 12.3 Å². The standard InChI is InChI=1S/C14H17NO2/c1-3-4-7-10-15-11-12-8-5-6-9-13(12)14(16)17-2/h1,5-6,8-9,15H,4,7,10-11H2,2H3. The topological polar surface area (TPSA) is 38.3 Å². The van der Waals surface area contributed by atoms with Crippen molar-refractivity contribution in [1.29, 1.82) is 0 Å². The summed E-state index contributed by atoms with van der Waals surface area (Å²) in [6.07, 6.45) is 6.88. The Kier molecular flexibility index (Phi) is 5.84. The van der Waals surface area contributed by atoms with Crippen LogP contribution in [-0.2, 0) is 11.3 Å². The van der Waals surface area contributed by atoms with Crippen molar-refractivity contribution in [3.8, 4) is 12.3 Å². The summed E-state index contributed by atoms with van der Waals surface area (Å²) in [5.41, 5.74) is 1.56. The second kappa shape index (κ2) is 7.48. The maximum atomic E-state index is 11.5. The lowest BCUT2D eigenvalue weighted by atomic mass is 10.1. The zero-order valence-corrected chi connectivity index (χ0v) is 10.0. The minimum absolute atomic E-state index is 0.300. The summed E-state index contributed by atoms with van der Waals surface area (Å²) in [4.78, 5) is 11.5. The van der Waals surface area contributed by atoms with E-state index in [1.807, 2.05) is 18.2 Å². The fraction of sp³-hybridized carbons (Fsp3) is 0.357. The Morgan fingerprint density at radius 3 is 2.94 bits per heavy atom. The van der Waals surface area contributed by atoms with Gasteiger partial charge in [0.1, 0.15) is 0 Å². The van der Waals surface area contributed by atoms with Gasteiger partial charge in [-0.1, -0.05) is 18.2 Å². The van der Waals surface area contributed by atoms with Crippen LogP contribution in [0.5, 0.6) is 0 Å². The van der Waals surface area contributed by atoms with Crippen LogP contribution in [0.25, 0.3) is 0 Å². The molecule has 90 valence electrons. The first-order valence-corrected chi connectivity index (χ1v) is 5.60. The van der Waals surface area contributed by atoms with Crippen LogP contribution in [0.1, 0.15) is 28.8 Å². The molecule has 3 heteroatoms. The van der Waals surface area contributed by atoms with Gasteiger partial charge in [0, 0.05) is 13.0 Å². The molecule has 3 nitrogen and oxygen atoms in total. The van der Waals surface area contributed by atoms with Crippen molar-refractivity contribution in [3.63, 3.8) is 0 Å². The molecular formula is C14H17NO2. The lowest BCUT2D eigenvalue weighted by molar-refractivity contribution is 0.0599. The van der Waals surface area contributed by atoms with E-state index in [4.69, 9.17) is 11.2 Å². The first kappa shape index (κ1) is 13.3. The number of hydrogen-bond acceptors (Lipinski definition) is 3. The number of terminal acetylenes is 1. The van der Waals surface area contributed by atoms with Crippen LogP contribution in [0.3, 0.4) is 0 Å². The Morgan fingerprint density at radius 1 is 1.47 bits per heavy atom. The van der Waals surface area contributed by atoms with Gasteiger partial charge in [0.2, 0.25) is 0 Å². The molecule has 1 rings (SSSR count). The average Bonchev–Trinajstić information content (AvgIpc) is 2.38. The third-order valence-corrected chi connectivity index (χ3v) is 2.41. The van der Waals surface area contributed by atoms with Gasteiger partial charge in [0.05, 0.1) is 12.7 Å². The van der Waals surface area contributed by atoms with Crippen LogP contribution >= 0.6 is 0 Å². The number of carbonyl (C=O) groups is 1. The summed E-state index contributed by atoms with van der Waals surface area (Å²) in [5.74, 6) is 2.29. The van der Waals surface area contributed by atoms with E-state index >= 15 is 0 Å². The van der Waals surface area contributed by atoms with Crippen LogP contribution in [-0.4, -0.2) is 19.6 Å². The number of methoxy groups -OCH3 is 1. The highest BCUT2D eigenvalue weighted by Gasteiger charge is 2.09. The summed E-state index contributed by atoms with van der Waals surface area (Å²) in [6, 6.07) is 7.42. The van der Waals surface area contributed by atoms with Gasteiger partial charge < -0.3 is 10.1 Å². The van der Waals surface area contributed by atoms with E-state index in [0.29, 0.717) is 12.1 Å². The summed E-state index contributed by atoms with van der Waals surface area (Å²) < 4.78 is 4.73. The minimum atomic E-state index is -0.300. The highest BCUT2D eigenvalue weighted by Crippen LogP contribution is 2.09. The fourth-order valence-corrected chi connectivity index (χ4v) is 1.52. The first-order valence-electron chi connectivity index (χ1n) is 5.60. The molecule has 0 aliphatic carbocycles. The third-order valence-electron chi connectivity index (χ3n) is 2.41. The van der Waals surface area contributed by atoms with Crippen molar-refractivity contribution in [3.05, 3.63) is 35.4 Å². The number of rotatable bonds is 6. The predicted octanol–water partition coefficient (Wildman–Crippen LogP) is 1.98. The summed E-state index contributed by atoms with van der Waals surface area (Å²) in [7, 11) is 1.39. The lowest BCUT2D eigenvalue weighted by Crippen LogP contribution is -2.17. The molecule has 1 aromatic carbocycles. The molecule has 0 heterocycles. The number of ether oxygens (including phenoxy) is 1. The molecular weight excluding hydrogens is 214 g/mol. The quantitative estimate of drug-likeness (QED) is 0.462. The van der Waals surface area contributed by atoms with Crippen LogP contribution in [0.2, 0.25) is 0 Å². The average molecular weight is 231 g/mol. The van der Waals surface area contributed by atoms with Gasteiger partial charge in [-0.15, -0.1) is 12.3 Å². The monoisotopic (exact) mass is 231 g/mol. The second-order valence-corrected chi connectivity index (χ2v) is 3.63. The Balaban J connectivity index is 2.53. The molecule has 1 aromatic rings. The smallest absolute Gasteiger partial charge is 0.338 e. The van der Waals surface area contributed by atoms with E-state index in [-0.39, 0.29) is 5.97 Å². The molecule has 0 saturated carbocycles. The Labute approximate surface area is 102 Å². The summed E-state index contributed by atoms with van der Waals surface area (Å²) in [6.45, 7) is 1.50. The molecule has 0 radical (unpaired) electrons. The zero-order chi connectivity index (χ0) is 12.5. The maximum Gasteiger partial charge on any atom is 0.338 e. The third kappa shape index (κ3) is 4.29. The molecule has 0 spiro atoms. The van der Waals surface area contributed by atoms with Gasteiger partial charge in [0.15, 0.2) is 0 Å². The predicted molar refractivity (Wildman–Crippen MR) is 67.6 cm³/mol. The summed E-state index contributed by atoms with van der Waals surface area (Å²) >= 11 is 0. The maximum absolute atomic E-state index is 11.5. The molecule has 0 aliphatic heterocycles. The van der Waals surface area contributed by atoms with E-state index in [1.54, 1.807) is 6.07 Å². The minimum Gasteiger partial charge on any atom is -0.465 e. The number of benzene rings is 1. The molecule has 0 amide bonds. The molecule has 0 fully saturated rings. The number of esters is 1. The van der Waals surface area contributed by atoms with E-state index in [9.17, 15) is 4.79 Å². The Bertz CT molecular complexity index is 407. The second-order valence-electron chi connectivity index (χ2n) is 3.63. The van der Waals surface area contributed by atoms with Crippen LogP contribution in [0.4, 0.5) is 0 Å². The molecule has 0 saturated heterocycles. The fourth-order valence-electron chi connectivity index (χ4n) is 1.52. The van der Waals surface area contributed by atoms with Crippen LogP contribution < -0.4 is 5.32 Å². The van der Waals surface area contributed by atoms with E-state index in [2.05, 4.69) is 11.2 Å².